The number of rotatable bonds is 4. The quantitative estimate of drug-likeness (QED) is 0.476. The van der Waals surface area contributed by atoms with Gasteiger partial charge in [-0.25, -0.2) is 9.67 Å². The van der Waals surface area contributed by atoms with Gasteiger partial charge < -0.3 is 5.32 Å². The van der Waals surface area contributed by atoms with Crippen LogP contribution >= 0.6 is 0 Å². The van der Waals surface area contributed by atoms with Gasteiger partial charge in [-0.2, -0.15) is 18.3 Å². The van der Waals surface area contributed by atoms with Gasteiger partial charge in [0.1, 0.15) is 18.3 Å². The van der Waals surface area contributed by atoms with E-state index in [1.54, 1.807) is 6.07 Å². The molecular formula is C24H22F3N5O2. The van der Waals surface area contributed by atoms with Crippen LogP contribution in [0.1, 0.15) is 31.9 Å². The van der Waals surface area contributed by atoms with E-state index in [1.165, 1.54) is 24.7 Å². The number of fused-ring (bicyclic) bond motifs is 1. The summed E-state index contributed by atoms with van der Waals surface area (Å²) in [4.78, 5) is 29.8. The Morgan fingerprint density at radius 3 is 2.50 bits per heavy atom. The van der Waals surface area contributed by atoms with Crippen LogP contribution < -0.4 is 10.9 Å². The third kappa shape index (κ3) is 4.57. The molecule has 0 saturated carbocycles. The Morgan fingerprint density at radius 1 is 1.06 bits per heavy atom. The highest BCUT2D eigenvalue weighted by atomic mass is 19.4. The zero-order valence-corrected chi connectivity index (χ0v) is 18.7. The molecule has 0 atom stereocenters. The van der Waals surface area contributed by atoms with Crippen LogP contribution in [0, 0.1) is 0 Å². The Morgan fingerprint density at radius 2 is 1.79 bits per heavy atom. The molecule has 0 unspecified atom stereocenters. The Kier molecular flexibility index (Phi) is 5.76. The van der Waals surface area contributed by atoms with Gasteiger partial charge in [0.25, 0.3) is 5.56 Å². The first-order chi connectivity index (χ1) is 15.9. The second kappa shape index (κ2) is 8.44. The summed E-state index contributed by atoms with van der Waals surface area (Å²) in [6.45, 7) is 5.81. The number of nitrogens with one attached hydrogen (secondary N) is 1. The van der Waals surface area contributed by atoms with E-state index in [4.69, 9.17) is 0 Å². The molecular weight excluding hydrogens is 447 g/mol. The summed E-state index contributed by atoms with van der Waals surface area (Å²) in [5, 5.41) is 6.97. The molecule has 2 aromatic carbocycles. The van der Waals surface area contributed by atoms with Crippen LogP contribution in [0.15, 0.2) is 65.8 Å². The van der Waals surface area contributed by atoms with Crippen molar-refractivity contribution in [3.8, 4) is 5.69 Å². The van der Waals surface area contributed by atoms with E-state index >= 15 is 0 Å². The molecule has 1 amide bonds. The number of hydrogen-bond donors (Lipinski definition) is 1. The van der Waals surface area contributed by atoms with Crippen LogP contribution in [-0.4, -0.2) is 25.2 Å². The number of nitrogens with zero attached hydrogens (tertiary/aromatic N) is 4. The van der Waals surface area contributed by atoms with Crippen LogP contribution in [0.5, 0.6) is 0 Å². The first-order valence-electron chi connectivity index (χ1n) is 10.5. The number of para-hydroxylation sites is 1. The minimum absolute atomic E-state index is 0.0859. The van der Waals surface area contributed by atoms with Crippen LogP contribution in [-0.2, 0) is 22.9 Å². The van der Waals surface area contributed by atoms with E-state index in [9.17, 15) is 22.8 Å². The molecule has 4 aromatic rings. The van der Waals surface area contributed by atoms with E-state index in [-0.39, 0.29) is 28.7 Å². The predicted octanol–water partition coefficient (Wildman–Crippen LogP) is 4.54. The molecule has 0 bridgehead atoms. The van der Waals surface area contributed by atoms with Crippen molar-refractivity contribution in [3.63, 3.8) is 0 Å². The number of carbonyl (C=O) groups is 1. The van der Waals surface area contributed by atoms with E-state index in [0.717, 1.165) is 26.9 Å². The zero-order valence-electron chi connectivity index (χ0n) is 18.7. The highest BCUT2D eigenvalue weighted by molar-refractivity contribution is 5.91. The fourth-order valence-corrected chi connectivity index (χ4v) is 3.65. The monoisotopic (exact) mass is 469 g/mol. The summed E-state index contributed by atoms with van der Waals surface area (Å²) >= 11 is 0. The predicted molar refractivity (Wildman–Crippen MR) is 122 cm³/mol. The lowest BCUT2D eigenvalue weighted by molar-refractivity contribution is -0.137. The van der Waals surface area contributed by atoms with Gasteiger partial charge in [0.15, 0.2) is 5.65 Å². The Hall–Kier alpha value is -3.95. The Bertz CT molecular complexity index is 1430. The van der Waals surface area contributed by atoms with Gasteiger partial charge in [0.2, 0.25) is 5.91 Å². The molecule has 7 nitrogen and oxygen atoms in total. The van der Waals surface area contributed by atoms with Crippen molar-refractivity contribution < 1.29 is 18.0 Å². The molecule has 34 heavy (non-hydrogen) atoms. The highest BCUT2D eigenvalue weighted by Crippen LogP contribution is 2.31. The normalized spacial score (nSPS) is 12.2. The van der Waals surface area contributed by atoms with Crippen molar-refractivity contribution in [3.05, 3.63) is 82.5 Å². The van der Waals surface area contributed by atoms with E-state index < -0.39 is 23.2 Å². The van der Waals surface area contributed by atoms with Crippen molar-refractivity contribution in [2.24, 2.45) is 0 Å². The van der Waals surface area contributed by atoms with E-state index in [2.05, 4.69) is 15.4 Å². The highest BCUT2D eigenvalue weighted by Gasteiger charge is 2.30. The van der Waals surface area contributed by atoms with Crippen LogP contribution in [0.25, 0.3) is 16.7 Å². The van der Waals surface area contributed by atoms with Gasteiger partial charge in [-0.15, -0.1) is 0 Å². The number of anilines is 1. The molecule has 2 aromatic heterocycles. The summed E-state index contributed by atoms with van der Waals surface area (Å²) in [5.74, 6) is -0.412. The lowest BCUT2D eigenvalue weighted by Crippen LogP contribution is -2.28. The van der Waals surface area contributed by atoms with Crippen molar-refractivity contribution in [1.82, 2.24) is 19.3 Å². The summed E-state index contributed by atoms with van der Waals surface area (Å²) in [5.41, 5.74) is 0.256. The van der Waals surface area contributed by atoms with Gasteiger partial charge in [-0.1, -0.05) is 45.0 Å². The molecule has 0 aliphatic carbocycles. The number of alkyl halides is 3. The summed E-state index contributed by atoms with van der Waals surface area (Å²) in [7, 11) is 0. The molecule has 0 aliphatic heterocycles. The van der Waals surface area contributed by atoms with Crippen molar-refractivity contribution in [2.75, 3.05) is 5.32 Å². The third-order valence-electron chi connectivity index (χ3n) is 5.30. The van der Waals surface area contributed by atoms with Gasteiger partial charge in [-0.05, 0) is 35.2 Å². The summed E-state index contributed by atoms with van der Waals surface area (Å²) in [6, 6.07) is 12.0. The second-order valence-corrected chi connectivity index (χ2v) is 8.86. The topological polar surface area (TPSA) is 81.8 Å². The van der Waals surface area contributed by atoms with Crippen molar-refractivity contribution in [1.29, 1.82) is 0 Å². The fourth-order valence-electron chi connectivity index (χ4n) is 3.65. The average molecular weight is 469 g/mol. The number of halogens is 3. The fraction of sp³-hybridized carbons (Fsp3) is 0.250. The second-order valence-electron chi connectivity index (χ2n) is 8.86. The maximum atomic E-state index is 13.1. The first kappa shape index (κ1) is 23.2. The maximum Gasteiger partial charge on any atom is 0.416 e. The minimum Gasteiger partial charge on any atom is -0.324 e. The maximum absolute atomic E-state index is 13.1. The van der Waals surface area contributed by atoms with E-state index in [1.807, 2.05) is 39.0 Å². The lowest BCUT2D eigenvalue weighted by Gasteiger charge is -2.23. The molecule has 0 saturated heterocycles. The van der Waals surface area contributed by atoms with Crippen LogP contribution in [0.2, 0.25) is 0 Å². The average Bonchev–Trinajstić information content (AvgIpc) is 3.20. The summed E-state index contributed by atoms with van der Waals surface area (Å²) in [6.07, 6.45) is -2.10. The number of amides is 1. The zero-order chi connectivity index (χ0) is 24.7. The molecule has 2 heterocycles. The van der Waals surface area contributed by atoms with E-state index in [0.29, 0.717) is 5.69 Å². The van der Waals surface area contributed by atoms with Gasteiger partial charge in [-0.3, -0.25) is 14.2 Å². The Labute approximate surface area is 192 Å². The largest absolute Gasteiger partial charge is 0.416 e. The third-order valence-corrected chi connectivity index (χ3v) is 5.30. The standard InChI is InChI=1S/C24H22F3N5O2/c1-23(2,3)18-9-4-5-10-19(18)30-20(33)13-31-14-28-21-17(22(31)34)12-29-32(21)16-8-6-7-15(11-16)24(25,26)27/h4-12,14H,13H2,1-3H3,(H,30,33). The molecule has 0 aliphatic rings. The number of aromatic nitrogens is 4. The number of benzene rings is 2. The molecule has 10 heteroatoms. The molecule has 176 valence electrons. The van der Waals surface area contributed by atoms with Gasteiger partial charge in [0.05, 0.1) is 17.4 Å². The number of hydrogen-bond acceptors (Lipinski definition) is 4. The molecule has 0 fully saturated rings. The van der Waals surface area contributed by atoms with Crippen LogP contribution in [0.4, 0.5) is 18.9 Å². The molecule has 4 rings (SSSR count). The molecule has 0 radical (unpaired) electrons. The molecule has 0 spiro atoms. The smallest absolute Gasteiger partial charge is 0.324 e. The number of carbonyl (C=O) groups excluding carboxylic acids is 1. The minimum atomic E-state index is -4.52. The first-order valence-corrected chi connectivity index (χ1v) is 10.5. The van der Waals surface area contributed by atoms with Crippen LogP contribution in [0.3, 0.4) is 0 Å². The van der Waals surface area contributed by atoms with Crippen molar-refractivity contribution in [2.45, 2.75) is 38.9 Å². The van der Waals surface area contributed by atoms with Gasteiger partial charge >= 0.3 is 6.18 Å². The SMILES string of the molecule is CC(C)(C)c1ccccc1NC(=O)Cn1cnc2c(cnn2-c2cccc(C(F)(F)F)c2)c1=O. The lowest BCUT2D eigenvalue weighted by atomic mass is 9.86. The summed E-state index contributed by atoms with van der Waals surface area (Å²) < 4.78 is 41.5. The van der Waals surface area contributed by atoms with Crippen molar-refractivity contribution >= 4 is 22.6 Å². The Balaban J connectivity index is 1.62. The molecule has 1 N–H and O–H groups in total. The van der Waals surface area contributed by atoms with Gasteiger partial charge in [0, 0.05) is 5.69 Å².